The predicted octanol–water partition coefficient (Wildman–Crippen LogP) is 4.41. The highest BCUT2D eigenvalue weighted by molar-refractivity contribution is 5.40. The van der Waals surface area contributed by atoms with Crippen LogP contribution in [0, 0.1) is 0 Å². The van der Waals surface area contributed by atoms with Crippen molar-refractivity contribution >= 4 is 0 Å². The van der Waals surface area contributed by atoms with E-state index in [-0.39, 0.29) is 0 Å². The van der Waals surface area contributed by atoms with Crippen molar-refractivity contribution in [3.63, 3.8) is 0 Å². The summed E-state index contributed by atoms with van der Waals surface area (Å²) in [4.78, 5) is 0. The van der Waals surface area contributed by atoms with E-state index in [1.54, 1.807) is 6.92 Å². The lowest BCUT2D eigenvalue weighted by molar-refractivity contribution is 0.199. The number of aliphatic hydroxyl groups excluding tert-OH is 1. The van der Waals surface area contributed by atoms with Crippen molar-refractivity contribution in [2.24, 2.45) is 0 Å². The minimum Gasteiger partial charge on any atom is -0.457 e. The molecule has 104 valence electrons. The third kappa shape index (κ3) is 2.86. The van der Waals surface area contributed by atoms with Gasteiger partial charge in [-0.25, -0.2) is 0 Å². The number of hydrogen-bond acceptors (Lipinski definition) is 2. The van der Waals surface area contributed by atoms with Gasteiger partial charge in [0.05, 0.1) is 6.10 Å². The van der Waals surface area contributed by atoms with E-state index in [1.807, 2.05) is 30.3 Å². The highest BCUT2D eigenvalue weighted by Crippen LogP contribution is 2.28. The van der Waals surface area contributed by atoms with Crippen LogP contribution in [0.15, 0.2) is 42.5 Å². The highest BCUT2D eigenvalue weighted by Gasteiger charge is 2.10. The molecular weight excluding hydrogens is 248 g/mol. The summed E-state index contributed by atoms with van der Waals surface area (Å²) in [6, 6.07) is 14.0. The lowest BCUT2D eigenvalue weighted by Crippen LogP contribution is -2.02. The summed E-state index contributed by atoms with van der Waals surface area (Å²) in [5.41, 5.74) is 3.80. The number of aryl methyl sites for hydroxylation is 2. The minimum atomic E-state index is -0.437. The average molecular weight is 268 g/mol. The van der Waals surface area contributed by atoms with Gasteiger partial charge in [0.15, 0.2) is 0 Å². The Morgan fingerprint density at radius 2 is 1.55 bits per heavy atom. The standard InChI is InChI=1S/C18H20O2/c1-13(19)14-6-9-17(10-7-14)20-18-11-8-15-4-2-3-5-16(15)12-18/h6-13,19H,2-5H2,1H3/t13-/m0/s1. The van der Waals surface area contributed by atoms with Crippen LogP contribution in [0.1, 0.15) is 42.6 Å². The number of aliphatic hydroxyl groups is 1. The van der Waals surface area contributed by atoms with Gasteiger partial charge in [0.1, 0.15) is 11.5 Å². The van der Waals surface area contributed by atoms with Gasteiger partial charge in [-0.15, -0.1) is 0 Å². The Morgan fingerprint density at radius 3 is 2.25 bits per heavy atom. The molecule has 2 aromatic carbocycles. The number of fused-ring (bicyclic) bond motifs is 1. The van der Waals surface area contributed by atoms with Crippen molar-refractivity contribution in [2.45, 2.75) is 38.7 Å². The number of ether oxygens (including phenoxy) is 1. The third-order valence-electron chi connectivity index (χ3n) is 3.92. The molecule has 1 aliphatic rings. The zero-order valence-corrected chi connectivity index (χ0v) is 11.8. The average Bonchev–Trinajstić information content (AvgIpc) is 2.48. The van der Waals surface area contributed by atoms with Gasteiger partial charge < -0.3 is 9.84 Å². The summed E-state index contributed by atoms with van der Waals surface area (Å²) in [5.74, 6) is 1.71. The Kier molecular flexibility index (Phi) is 3.75. The molecule has 0 aliphatic heterocycles. The first-order valence-electron chi connectivity index (χ1n) is 7.30. The molecule has 1 N–H and O–H groups in total. The number of rotatable bonds is 3. The van der Waals surface area contributed by atoms with E-state index in [2.05, 4.69) is 12.1 Å². The van der Waals surface area contributed by atoms with Crippen molar-refractivity contribution in [3.8, 4) is 11.5 Å². The van der Waals surface area contributed by atoms with Crippen LogP contribution in [0.25, 0.3) is 0 Å². The van der Waals surface area contributed by atoms with Gasteiger partial charge in [0, 0.05) is 0 Å². The second kappa shape index (κ2) is 5.68. The first kappa shape index (κ1) is 13.2. The van der Waals surface area contributed by atoms with E-state index >= 15 is 0 Å². The molecule has 0 unspecified atom stereocenters. The van der Waals surface area contributed by atoms with Crippen molar-refractivity contribution in [2.75, 3.05) is 0 Å². The van der Waals surface area contributed by atoms with E-state index in [1.165, 1.54) is 30.4 Å². The van der Waals surface area contributed by atoms with Gasteiger partial charge in [-0.3, -0.25) is 0 Å². The van der Waals surface area contributed by atoms with Crippen LogP contribution in [-0.2, 0) is 12.8 Å². The Hall–Kier alpha value is -1.80. The second-order valence-electron chi connectivity index (χ2n) is 5.48. The quantitative estimate of drug-likeness (QED) is 0.893. The van der Waals surface area contributed by atoms with Crippen LogP contribution < -0.4 is 4.74 Å². The summed E-state index contributed by atoms with van der Waals surface area (Å²) < 4.78 is 5.90. The molecule has 0 saturated carbocycles. The molecule has 20 heavy (non-hydrogen) atoms. The topological polar surface area (TPSA) is 29.5 Å². The van der Waals surface area contributed by atoms with Crippen LogP contribution in [0.4, 0.5) is 0 Å². The fourth-order valence-corrected chi connectivity index (χ4v) is 2.72. The van der Waals surface area contributed by atoms with Crippen LogP contribution in [-0.4, -0.2) is 5.11 Å². The molecule has 2 aromatic rings. The summed E-state index contributed by atoms with van der Waals surface area (Å²) in [6.07, 6.45) is 4.49. The molecule has 1 aliphatic carbocycles. The SMILES string of the molecule is C[C@H](O)c1ccc(Oc2ccc3c(c2)CCCC3)cc1. The fraction of sp³-hybridized carbons (Fsp3) is 0.333. The molecule has 0 bridgehead atoms. The molecule has 0 heterocycles. The normalized spacial score (nSPS) is 15.5. The monoisotopic (exact) mass is 268 g/mol. The first-order chi connectivity index (χ1) is 9.72. The molecule has 0 amide bonds. The van der Waals surface area contributed by atoms with Gasteiger partial charge in [0.2, 0.25) is 0 Å². The molecule has 2 nitrogen and oxygen atoms in total. The fourth-order valence-electron chi connectivity index (χ4n) is 2.72. The van der Waals surface area contributed by atoms with Crippen LogP contribution in [0.2, 0.25) is 0 Å². The zero-order chi connectivity index (χ0) is 13.9. The predicted molar refractivity (Wildman–Crippen MR) is 80.2 cm³/mol. The van der Waals surface area contributed by atoms with E-state index in [9.17, 15) is 5.11 Å². The summed E-state index contributed by atoms with van der Waals surface area (Å²) in [5, 5.41) is 9.50. The third-order valence-corrected chi connectivity index (χ3v) is 3.92. The Balaban J connectivity index is 1.77. The largest absolute Gasteiger partial charge is 0.457 e. The van der Waals surface area contributed by atoms with Gasteiger partial charge in [0.25, 0.3) is 0 Å². The molecule has 0 spiro atoms. The maximum Gasteiger partial charge on any atom is 0.127 e. The number of benzene rings is 2. The van der Waals surface area contributed by atoms with Gasteiger partial charge in [-0.05, 0) is 73.6 Å². The van der Waals surface area contributed by atoms with Crippen LogP contribution >= 0.6 is 0 Å². The number of hydrogen-bond donors (Lipinski definition) is 1. The Bertz CT molecular complexity index is 585. The van der Waals surface area contributed by atoms with Crippen LogP contribution in [0.5, 0.6) is 11.5 Å². The van der Waals surface area contributed by atoms with E-state index in [0.717, 1.165) is 23.5 Å². The lowest BCUT2D eigenvalue weighted by atomic mass is 9.92. The summed E-state index contributed by atoms with van der Waals surface area (Å²) in [6.45, 7) is 1.76. The van der Waals surface area contributed by atoms with Crippen molar-refractivity contribution in [3.05, 3.63) is 59.2 Å². The molecule has 0 aromatic heterocycles. The molecule has 3 rings (SSSR count). The van der Waals surface area contributed by atoms with Gasteiger partial charge in [-0.2, -0.15) is 0 Å². The molecule has 0 radical (unpaired) electrons. The maximum atomic E-state index is 9.50. The molecule has 1 atom stereocenters. The lowest BCUT2D eigenvalue weighted by Gasteiger charge is -2.16. The van der Waals surface area contributed by atoms with Crippen molar-refractivity contribution in [1.82, 2.24) is 0 Å². The zero-order valence-electron chi connectivity index (χ0n) is 11.8. The highest BCUT2D eigenvalue weighted by atomic mass is 16.5. The van der Waals surface area contributed by atoms with Crippen LogP contribution in [0.3, 0.4) is 0 Å². The molecular formula is C18H20O2. The summed E-state index contributed by atoms with van der Waals surface area (Å²) >= 11 is 0. The van der Waals surface area contributed by atoms with Gasteiger partial charge in [-0.1, -0.05) is 18.2 Å². The Labute approximate surface area is 120 Å². The van der Waals surface area contributed by atoms with E-state index < -0.39 is 6.10 Å². The molecule has 0 fully saturated rings. The molecule has 0 saturated heterocycles. The van der Waals surface area contributed by atoms with Crippen molar-refractivity contribution in [1.29, 1.82) is 0 Å². The first-order valence-corrected chi connectivity index (χ1v) is 7.30. The van der Waals surface area contributed by atoms with Gasteiger partial charge >= 0.3 is 0 Å². The van der Waals surface area contributed by atoms with E-state index in [0.29, 0.717) is 0 Å². The smallest absolute Gasteiger partial charge is 0.127 e. The summed E-state index contributed by atoms with van der Waals surface area (Å²) in [7, 11) is 0. The van der Waals surface area contributed by atoms with Crippen molar-refractivity contribution < 1.29 is 9.84 Å². The second-order valence-corrected chi connectivity index (χ2v) is 5.48. The molecule has 2 heteroatoms. The van der Waals surface area contributed by atoms with E-state index in [4.69, 9.17) is 4.74 Å². The maximum absolute atomic E-state index is 9.50. The Morgan fingerprint density at radius 1 is 0.900 bits per heavy atom. The minimum absolute atomic E-state index is 0.437.